The van der Waals surface area contributed by atoms with Crippen molar-refractivity contribution in [3.8, 4) is 0 Å². The second-order valence-corrected chi connectivity index (χ2v) is 4.01. The number of carbonyl (C=O) groups is 1. The zero-order chi connectivity index (χ0) is 13.6. The predicted octanol–water partition coefficient (Wildman–Crippen LogP) is 1.84. The van der Waals surface area contributed by atoms with E-state index in [1.54, 1.807) is 6.92 Å². The molecule has 0 saturated carbocycles. The van der Waals surface area contributed by atoms with Crippen molar-refractivity contribution in [1.82, 2.24) is 10.1 Å². The van der Waals surface area contributed by atoms with Gasteiger partial charge in [-0.05, 0) is 27.2 Å². The zero-order valence-electron chi connectivity index (χ0n) is 11.4. The molecule has 102 valence electrons. The van der Waals surface area contributed by atoms with Crippen LogP contribution in [0.3, 0.4) is 0 Å². The molecule has 0 aliphatic rings. The quantitative estimate of drug-likeness (QED) is 0.693. The van der Waals surface area contributed by atoms with Crippen molar-refractivity contribution in [2.45, 2.75) is 46.1 Å². The first kappa shape index (κ1) is 14.6. The molecule has 0 fully saturated rings. The Kier molecular flexibility index (Phi) is 5.27. The molecule has 1 aromatic rings. The molecule has 0 spiro atoms. The number of nitrogens with zero attached hydrogens (tertiary/aromatic N) is 2. The standard InChI is InChI=1S/C12H20N2O4/c1-5-12(4,17-7-3)11-13-9(18-14-11)8-10(15)16-6-2/h5-8H2,1-4H3. The summed E-state index contributed by atoms with van der Waals surface area (Å²) in [5.41, 5.74) is -0.578. The Hall–Kier alpha value is -1.43. The average molecular weight is 256 g/mol. The van der Waals surface area contributed by atoms with Gasteiger partial charge >= 0.3 is 5.97 Å². The number of hydrogen-bond acceptors (Lipinski definition) is 6. The smallest absolute Gasteiger partial charge is 0.315 e. The van der Waals surface area contributed by atoms with E-state index in [1.807, 2.05) is 20.8 Å². The molecule has 1 aromatic heterocycles. The summed E-state index contributed by atoms with van der Waals surface area (Å²) in [6, 6.07) is 0. The molecule has 1 heterocycles. The third kappa shape index (κ3) is 3.53. The fourth-order valence-electron chi connectivity index (χ4n) is 1.52. The molecule has 0 N–H and O–H groups in total. The Labute approximate surface area is 107 Å². The molecule has 0 saturated heterocycles. The van der Waals surface area contributed by atoms with Crippen LogP contribution in [0.1, 0.15) is 45.8 Å². The van der Waals surface area contributed by atoms with Crippen LogP contribution >= 0.6 is 0 Å². The lowest BCUT2D eigenvalue weighted by Gasteiger charge is -2.23. The molecule has 6 nitrogen and oxygen atoms in total. The van der Waals surface area contributed by atoms with E-state index in [-0.39, 0.29) is 18.3 Å². The van der Waals surface area contributed by atoms with Gasteiger partial charge in [-0.15, -0.1) is 0 Å². The Morgan fingerprint density at radius 3 is 2.61 bits per heavy atom. The van der Waals surface area contributed by atoms with Gasteiger partial charge in [0, 0.05) is 6.61 Å². The minimum atomic E-state index is -0.578. The molecule has 0 radical (unpaired) electrons. The molecule has 1 unspecified atom stereocenters. The Balaban J connectivity index is 2.75. The first-order valence-electron chi connectivity index (χ1n) is 6.18. The fourth-order valence-corrected chi connectivity index (χ4v) is 1.52. The van der Waals surface area contributed by atoms with Gasteiger partial charge in [0.1, 0.15) is 12.0 Å². The van der Waals surface area contributed by atoms with Crippen LogP contribution in [-0.2, 0) is 26.3 Å². The third-order valence-electron chi connectivity index (χ3n) is 2.68. The zero-order valence-corrected chi connectivity index (χ0v) is 11.4. The minimum absolute atomic E-state index is 0.00718. The van der Waals surface area contributed by atoms with Crippen molar-refractivity contribution >= 4 is 5.97 Å². The largest absolute Gasteiger partial charge is 0.466 e. The highest BCUT2D eigenvalue weighted by molar-refractivity contribution is 5.71. The van der Waals surface area contributed by atoms with Gasteiger partial charge in [0.15, 0.2) is 0 Å². The van der Waals surface area contributed by atoms with Crippen molar-refractivity contribution in [2.75, 3.05) is 13.2 Å². The number of rotatable bonds is 7. The van der Waals surface area contributed by atoms with Gasteiger partial charge in [0.25, 0.3) is 0 Å². The van der Waals surface area contributed by atoms with Gasteiger partial charge in [0.2, 0.25) is 11.7 Å². The van der Waals surface area contributed by atoms with Crippen molar-refractivity contribution < 1.29 is 18.8 Å². The summed E-state index contributed by atoms with van der Waals surface area (Å²) in [5, 5.41) is 3.87. The lowest BCUT2D eigenvalue weighted by molar-refractivity contribution is -0.142. The van der Waals surface area contributed by atoms with E-state index in [4.69, 9.17) is 14.0 Å². The Morgan fingerprint density at radius 2 is 2.06 bits per heavy atom. The van der Waals surface area contributed by atoms with Crippen molar-refractivity contribution in [2.24, 2.45) is 0 Å². The van der Waals surface area contributed by atoms with Gasteiger partial charge in [0.05, 0.1) is 6.61 Å². The van der Waals surface area contributed by atoms with Crippen LogP contribution in [0.25, 0.3) is 0 Å². The average Bonchev–Trinajstić information content (AvgIpc) is 2.78. The van der Waals surface area contributed by atoms with E-state index in [0.717, 1.165) is 6.42 Å². The third-order valence-corrected chi connectivity index (χ3v) is 2.68. The van der Waals surface area contributed by atoms with Gasteiger partial charge in [-0.2, -0.15) is 4.98 Å². The SMILES string of the molecule is CCOC(=O)Cc1nc(C(C)(CC)OCC)no1. The second kappa shape index (κ2) is 6.49. The molecule has 18 heavy (non-hydrogen) atoms. The maximum Gasteiger partial charge on any atom is 0.315 e. The van der Waals surface area contributed by atoms with E-state index in [0.29, 0.717) is 19.0 Å². The highest BCUT2D eigenvalue weighted by atomic mass is 16.5. The topological polar surface area (TPSA) is 74.5 Å². The van der Waals surface area contributed by atoms with Crippen LogP contribution in [0.4, 0.5) is 0 Å². The van der Waals surface area contributed by atoms with Crippen LogP contribution < -0.4 is 0 Å². The molecule has 0 aliphatic heterocycles. The number of carbonyl (C=O) groups excluding carboxylic acids is 1. The molecule has 1 rings (SSSR count). The maximum atomic E-state index is 11.3. The van der Waals surface area contributed by atoms with Crippen LogP contribution in [-0.4, -0.2) is 29.3 Å². The number of aromatic nitrogens is 2. The Bertz CT molecular complexity index is 391. The van der Waals surface area contributed by atoms with Gasteiger partial charge in [-0.3, -0.25) is 4.79 Å². The summed E-state index contributed by atoms with van der Waals surface area (Å²) >= 11 is 0. The Morgan fingerprint density at radius 1 is 1.33 bits per heavy atom. The summed E-state index contributed by atoms with van der Waals surface area (Å²) in [7, 11) is 0. The van der Waals surface area contributed by atoms with Crippen molar-refractivity contribution in [3.05, 3.63) is 11.7 Å². The van der Waals surface area contributed by atoms with E-state index in [2.05, 4.69) is 10.1 Å². The van der Waals surface area contributed by atoms with Crippen LogP contribution in [0.15, 0.2) is 4.52 Å². The van der Waals surface area contributed by atoms with Crippen molar-refractivity contribution in [1.29, 1.82) is 0 Å². The van der Waals surface area contributed by atoms with E-state index in [9.17, 15) is 4.79 Å². The highest BCUT2D eigenvalue weighted by Crippen LogP contribution is 2.26. The van der Waals surface area contributed by atoms with E-state index in [1.165, 1.54) is 0 Å². The highest BCUT2D eigenvalue weighted by Gasteiger charge is 2.31. The van der Waals surface area contributed by atoms with E-state index < -0.39 is 5.60 Å². The molecule has 1 atom stereocenters. The summed E-state index contributed by atoms with van der Waals surface area (Å²) in [5.74, 6) is 0.344. The molecule has 6 heteroatoms. The predicted molar refractivity (Wildman–Crippen MR) is 63.9 cm³/mol. The fraction of sp³-hybridized carbons (Fsp3) is 0.750. The molecule has 0 aliphatic carbocycles. The molecular formula is C12H20N2O4. The van der Waals surface area contributed by atoms with Gasteiger partial charge < -0.3 is 14.0 Å². The van der Waals surface area contributed by atoms with Gasteiger partial charge in [-0.1, -0.05) is 12.1 Å². The number of esters is 1. The number of ether oxygens (including phenoxy) is 2. The van der Waals surface area contributed by atoms with Crippen LogP contribution in [0.2, 0.25) is 0 Å². The minimum Gasteiger partial charge on any atom is -0.466 e. The second-order valence-electron chi connectivity index (χ2n) is 4.01. The van der Waals surface area contributed by atoms with E-state index >= 15 is 0 Å². The summed E-state index contributed by atoms with van der Waals surface area (Å²) in [6.07, 6.45) is 0.714. The lowest BCUT2D eigenvalue weighted by Crippen LogP contribution is -2.26. The normalized spacial score (nSPS) is 14.2. The maximum absolute atomic E-state index is 11.3. The molecule has 0 aromatic carbocycles. The monoisotopic (exact) mass is 256 g/mol. The lowest BCUT2D eigenvalue weighted by atomic mass is 10.0. The molecule has 0 bridgehead atoms. The summed E-state index contributed by atoms with van der Waals surface area (Å²) < 4.78 is 15.5. The first-order chi connectivity index (χ1) is 8.55. The number of hydrogen-bond donors (Lipinski definition) is 0. The summed E-state index contributed by atoms with van der Waals surface area (Å²) in [4.78, 5) is 15.5. The molecular weight excluding hydrogens is 236 g/mol. The van der Waals surface area contributed by atoms with Crippen LogP contribution in [0, 0.1) is 0 Å². The van der Waals surface area contributed by atoms with Crippen LogP contribution in [0.5, 0.6) is 0 Å². The first-order valence-corrected chi connectivity index (χ1v) is 6.18. The summed E-state index contributed by atoms with van der Waals surface area (Å²) in [6.45, 7) is 8.44. The molecule has 0 amide bonds. The van der Waals surface area contributed by atoms with Crippen molar-refractivity contribution in [3.63, 3.8) is 0 Å². The van der Waals surface area contributed by atoms with Gasteiger partial charge in [-0.25, -0.2) is 0 Å².